The van der Waals surface area contributed by atoms with E-state index in [2.05, 4.69) is 69.0 Å². The summed E-state index contributed by atoms with van der Waals surface area (Å²) in [5.41, 5.74) is 2.42. The van der Waals surface area contributed by atoms with Crippen LogP contribution < -0.4 is 10.2 Å². The zero-order chi connectivity index (χ0) is 15.1. The van der Waals surface area contributed by atoms with Gasteiger partial charge in [-0.3, -0.25) is 0 Å². The van der Waals surface area contributed by atoms with Crippen LogP contribution in [0, 0.1) is 18.8 Å². The molecular formula is C17H31N3. The molecular weight excluding hydrogens is 246 g/mol. The van der Waals surface area contributed by atoms with Gasteiger partial charge in [0.05, 0.1) is 0 Å². The molecule has 1 heterocycles. The minimum absolute atomic E-state index is 0.686. The van der Waals surface area contributed by atoms with Crippen LogP contribution in [-0.2, 0) is 6.54 Å². The number of aryl methyl sites for hydroxylation is 1. The highest BCUT2D eigenvalue weighted by Crippen LogP contribution is 2.15. The van der Waals surface area contributed by atoms with Crippen molar-refractivity contribution in [2.75, 3.05) is 25.0 Å². The van der Waals surface area contributed by atoms with Crippen molar-refractivity contribution in [3.05, 3.63) is 23.4 Å². The molecule has 114 valence electrons. The minimum Gasteiger partial charge on any atom is -0.360 e. The molecule has 0 aliphatic rings. The number of hydrogen-bond acceptors (Lipinski definition) is 3. The van der Waals surface area contributed by atoms with Gasteiger partial charge in [-0.15, -0.1) is 0 Å². The zero-order valence-electron chi connectivity index (χ0n) is 14.0. The molecule has 0 aliphatic heterocycles. The molecule has 0 saturated carbocycles. The smallest absolute Gasteiger partial charge is 0.128 e. The lowest BCUT2D eigenvalue weighted by Crippen LogP contribution is -2.22. The number of rotatable bonds is 8. The Hall–Kier alpha value is -1.09. The fourth-order valence-electron chi connectivity index (χ4n) is 2.09. The van der Waals surface area contributed by atoms with E-state index in [4.69, 9.17) is 0 Å². The largest absolute Gasteiger partial charge is 0.360 e. The summed E-state index contributed by atoms with van der Waals surface area (Å²) in [4.78, 5) is 6.92. The minimum atomic E-state index is 0.686. The monoisotopic (exact) mass is 277 g/mol. The third kappa shape index (κ3) is 6.38. The first-order chi connectivity index (χ1) is 9.38. The highest BCUT2D eigenvalue weighted by molar-refractivity contribution is 5.41. The van der Waals surface area contributed by atoms with Crippen LogP contribution in [0.25, 0.3) is 0 Å². The van der Waals surface area contributed by atoms with E-state index in [1.54, 1.807) is 0 Å². The summed E-state index contributed by atoms with van der Waals surface area (Å²) >= 11 is 0. The summed E-state index contributed by atoms with van der Waals surface area (Å²) in [7, 11) is 2.13. The molecule has 0 saturated heterocycles. The third-order valence-corrected chi connectivity index (χ3v) is 3.31. The highest BCUT2D eigenvalue weighted by Gasteiger charge is 2.06. The van der Waals surface area contributed by atoms with Crippen LogP contribution >= 0.6 is 0 Å². The van der Waals surface area contributed by atoms with E-state index >= 15 is 0 Å². The van der Waals surface area contributed by atoms with Gasteiger partial charge in [-0.25, -0.2) is 4.98 Å². The van der Waals surface area contributed by atoms with Crippen LogP contribution in [0.3, 0.4) is 0 Å². The Kier molecular flexibility index (Phi) is 7.00. The molecule has 0 amide bonds. The maximum Gasteiger partial charge on any atom is 0.128 e. The van der Waals surface area contributed by atoms with E-state index in [9.17, 15) is 0 Å². The van der Waals surface area contributed by atoms with Crippen LogP contribution in [0.5, 0.6) is 0 Å². The molecule has 1 rings (SSSR count). The Morgan fingerprint density at radius 1 is 1.15 bits per heavy atom. The second-order valence-corrected chi connectivity index (χ2v) is 6.60. The standard InChI is InChI=1S/C17H31N3/c1-13(2)7-8-20(6)17-10-16(9-15(5)19-17)12-18-11-14(3)4/h9-10,13-14,18H,7-8,11-12H2,1-6H3. The molecule has 0 fully saturated rings. The van der Waals surface area contributed by atoms with E-state index in [-0.39, 0.29) is 0 Å². The van der Waals surface area contributed by atoms with E-state index in [0.717, 1.165) is 37.1 Å². The first kappa shape index (κ1) is 17.0. The summed E-state index contributed by atoms with van der Waals surface area (Å²) in [6.07, 6.45) is 1.20. The lowest BCUT2D eigenvalue weighted by Gasteiger charge is -2.20. The molecule has 0 radical (unpaired) electrons. The van der Waals surface area contributed by atoms with Crippen molar-refractivity contribution in [3.8, 4) is 0 Å². The molecule has 3 nitrogen and oxygen atoms in total. The van der Waals surface area contributed by atoms with Gasteiger partial charge in [0.25, 0.3) is 0 Å². The molecule has 1 aromatic rings. The van der Waals surface area contributed by atoms with Gasteiger partial charge in [0, 0.05) is 25.8 Å². The van der Waals surface area contributed by atoms with Crippen molar-refractivity contribution in [2.24, 2.45) is 11.8 Å². The molecule has 0 aliphatic carbocycles. The van der Waals surface area contributed by atoms with Crippen molar-refractivity contribution in [2.45, 2.75) is 47.6 Å². The van der Waals surface area contributed by atoms with Gasteiger partial charge < -0.3 is 10.2 Å². The predicted molar refractivity (Wildman–Crippen MR) is 88.2 cm³/mol. The number of nitrogens with one attached hydrogen (secondary N) is 1. The van der Waals surface area contributed by atoms with Crippen molar-refractivity contribution in [1.29, 1.82) is 0 Å². The SMILES string of the molecule is Cc1cc(CNCC(C)C)cc(N(C)CCC(C)C)n1. The summed E-state index contributed by atoms with van der Waals surface area (Å²) in [6.45, 7) is 14.1. The second-order valence-electron chi connectivity index (χ2n) is 6.60. The topological polar surface area (TPSA) is 28.2 Å². The first-order valence-corrected chi connectivity index (χ1v) is 7.78. The Balaban J connectivity index is 2.65. The number of hydrogen-bond donors (Lipinski definition) is 1. The number of anilines is 1. The summed E-state index contributed by atoms with van der Waals surface area (Å²) in [6, 6.07) is 4.38. The van der Waals surface area contributed by atoms with Crippen LogP contribution in [-0.4, -0.2) is 25.1 Å². The fraction of sp³-hybridized carbons (Fsp3) is 0.706. The van der Waals surface area contributed by atoms with Crippen molar-refractivity contribution in [1.82, 2.24) is 10.3 Å². The predicted octanol–water partition coefficient (Wildman–Crippen LogP) is 3.62. The molecule has 0 atom stereocenters. The Labute approximate surface area is 124 Å². The maximum absolute atomic E-state index is 4.65. The Bertz CT molecular complexity index is 399. The zero-order valence-corrected chi connectivity index (χ0v) is 14.0. The molecule has 0 aromatic carbocycles. The molecule has 1 aromatic heterocycles. The summed E-state index contributed by atoms with van der Waals surface area (Å²) in [5, 5.41) is 3.50. The van der Waals surface area contributed by atoms with Crippen LogP contribution in [0.2, 0.25) is 0 Å². The van der Waals surface area contributed by atoms with Gasteiger partial charge in [-0.1, -0.05) is 27.7 Å². The lowest BCUT2D eigenvalue weighted by atomic mass is 10.1. The Morgan fingerprint density at radius 2 is 1.85 bits per heavy atom. The van der Waals surface area contributed by atoms with E-state index < -0.39 is 0 Å². The molecule has 0 unspecified atom stereocenters. The first-order valence-electron chi connectivity index (χ1n) is 7.78. The molecule has 0 bridgehead atoms. The van der Waals surface area contributed by atoms with Gasteiger partial charge in [0.15, 0.2) is 0 Å². The van der Waals surface area contributed by atoms with Gasteiger partial charge in [0.1, 0.15) is 5.82 Å². The van der Waals surface area contributed by atoms with Crippen LogP contribution in [0.4, 0.5) is 5.82 Å². The van der Waals surface area contributed by atoms with Gasteiger partial charge in [0.2, 0.25) is 0 Å². The molecule has 20 heavy (non-hydrogen) atoms. The van der Waals surface area contributed by atoms with Gasteiger partial charge >= 0.3 is 0 Å². The fourth-order valence-corrected chi connectivity index (χ4v) is 2.09. The van der Waals surface area contributed by atoms with Crippen molar-refractivity contribution in [3.63, 3.8) is 0 Å². The van der Waals surface area contributed by atoms with Crippen molar-refractivity contribution < 1.29 is 0 Å². The van der Waals surface area contributed by atoms with Crippen LogP contribution in [0.1, 0.15) is 45.4 Å². The summed E-state index contributed by atoms with van der Waals surface area (Å²) < 4.78 is 0. The van der Waals surface area contributed by atoms with E-state index in [1.807, 2.05) is 0 Å². The average Bonchev–Trinajstić information content (AvgIpc) is 2.34. The number of nitrogens with zero attached hydrogens (tertiary/aromatic N) is 2. The Morgan fingerprint density at radius 3 is 2.45 bits per heavy atom. The quantitative estimate of drug-likeness (QED) is 0.786. The second kappa shape index (κ2) is 8.25. The number of aromatic nitrogens is 1. The molecule has 1 N–H and O–H groups in total. The molecule has 0 spiro atoms. The van der Waals surface area contributed by atoms with Crippen molar-refractivity contribution >= 4 is 5.82 Å². The molecule has 3 heteroatoms. The highest BCUT2D eigenvalue weighted by atomic mass is 15.2. The van der Waals surface area contributed by atoms with E-state index in [0.29, 0.717) is 5.92 Å². The normalized spacial score (nSPS) is 11.4. The van der Waals surface area contributed by atoms with Gasteiger partial charge in [-0.2, -0.15) is 0 Å². The van der Waals surface area contributed by atoms with Crippen LogP contribution in [0.15, 0.2) is 12.1 Å². The summed E-state index contributed by atoms with van der Waals surface area (Å²) in [5.74, 6) is 2.51. The van der Waals surface area contributed by atoms with Gasteiger partial charge in [-0.05, 0) is 49.4 Å². The van der Waals surface area contributed by atoms with E-state index in [1.165, 1.54) is 12.0 Å². The number of pyridine rings is 1. The lowest BCUT2D eigenvalue weighted by molar-refractivity contribution is 0.552. The maximum atomic E-state index is 4.65. The third-order valence-electron chi connectivity index (χ3n) is 3.31. The average molecular weight is 277 g/mol.